The van der Waals surface area contributed by atoms with E-state index in [1.165, 1.54) is 12.1 Å². The lowest BCUT2D eigenvalue weighted by molar-refractivity contribution is -0.137. The zero-order chi connectivity index (χ0) is 14.6. The van der Waals surface area contributed by atoms with Crippen molar-refractivity contribution in [3.63, 3.8) is 0 Å². The zero-order valence-corrected chi connectivity index (χ0v) is 11.1. The summed E-state index contributed by atoms with van der Waals surface area (Å²) in [4.78, 5) is 11.5. The molecule has 0 saturated heterocycles. The van der Waals surface area contributed by atoms with Gasteiger partial charge in [-0.3, -0.25) is 4.79 Å². The molecule has 0 radical (unpaired) electrons. The number of amides is 1. The molecule has 0 spiro atoms. The average Bonchev–Trinajstić information content (AvgIpc) is 2.27. The molecule has 7 heteroatoms. The van der Waals surface area contributed by atoms with Crippen LogP contribution in [-0.4, -0.2) is 18.6 Å². The highest BCUT2D eigenvalue weighted by atomic mass is 35.5. The van der Waals surface area contributed by atoms with Gasteiger partial charge in [0.15, 0.2) is 0 Å². The van der Waals surface area contributed by atoms with E-state index in [4.69, 9.17) is 16.3 Å². The first-order chi connectivity index (χ1) is 8.71. The van der Waals surface area contributed by atoms with Gasteiger partial charge >= 0.3 is 6.18 Å². The molecule has 1 amide bonds. The van der Waals surface area contributed by atoms with Crippen molar-refractivity contribution in [3.8, 4) is 0 Å². The number of carbonyl (C=O) groups is 1. The summed E-state index contributed by atoms with van der Waals surface area (Å²) in [6.07, 6.45) is -4.79. The van der Waals surface area contributed by atoms with Gasteiger partial charge in [-0.1, -0.05) is 17.7 Å². The number of nitrogens with one attached hydrogen (secondary N) is 1. The van der Waals surface area contributed by atoms with Crippen LogP contribution in [-0.2, 0) is 15.7 Å². The number of rotatable bonds is 4. The number of hydrogen-bond donors (Lipinski definition) is 1. The lowest BCUT2D eigenvalue weighted by Crippen LogP contribution is -2.22. The third-order valence-corrected chi connectivity index (χ3v) is 2.45. The van der Waals surface area contributed by atoms with Crippen LogP contribution in [0, 0.1) is 0 Å². The van der Waals surface area contributed by atoms with Crippen LogP contribution in [0.2, 0.25) is 5.02 Å². The van der Waals surface area contributed by atoms with Gasteiger partial charge in [0.2, 0.25) is 5.91 Å². The molecule has 1 aromatic rings. The number of benzene rings is 1. The predicted molar refractivity (Wildman–Crippen MR) is 66.2 cm³/mol. The van der Waals surface area contributed by atoms with Crippen LogP contribution < -0.4 is 5.32 Å². The molecule has 0 fully saturated rings. The Kier molecular flexibility index (Phi) is 5.20. The second-order valence-electron chi connectivity index (χ2n) is 4.07. The zero-order valence-electron chi connectivity index (χ0n) is 10.3. The van der Waals surface area contributed by atoms with Gasteiger partial charge in [-0.25, -0.2) is 0 Å². The van der Waals surface area contributed by atoms with Crippen molar-refractivity contribution in [2.24, 2.45) is 0 Å². The number of ether oxygens (including phenoxy) is 1. The maximum Gasteiger partial charge on any atom is 0.418 e. The Morgan fingerprint density at radius 1 is 1.42 bits per heavy atom. The van der Waals surface area contributed by atoms with Crippen molar-refractivity contribution in [1.29, 1.82) is 0 Å². The van der Waals surface area contributed by atoms with Crippen molar-refractivity contribution < 1.29 is 22.7 Å². The lowest BCUT2D eigenvalue weighted by atomic mass is 10.1. The summed E-state index contributed by atoms with van der Waals surface area (Å²) in [6, 6.07) is 3.30. The summed E-state index contributed by atoms with van der Waals surface area (Å²) < 4.78 is 43.3. The minimum atomic E-state index is -4.59. The van der Waals surface area contributed by atoms with Crippen LogP contribution in [0.3, 0.4) is 0 Å². The second kappa shape index (κ2) is 6.25. The summed E-state index contributed by atoms with van der Waals surface area (Å²) in [5.41, 5.74) is -1.44. The van der Waals surface area contributed by atoms with E-state index in [1.807, 2.05) is 0 Å². The summed E-state index contributed by atoms with van der Waals surface area (Å²) in [5.74, 6) is -0.688. The molecule has 1 rings (SSSR count). The van der Waals surface area contributed by atoms with Crippen molar-refractivity contribution in [2.45, 2.75) is 26.1 Å². The number of anilines is 1. The fourth-order valence-electron chi connectivity index (χ4n) is 1.31. The fourth-order valence-corrected chi connectivity index (χ4v) is 1.53. The monoisotopic (exact) mass is 295 g/mol. The van der Waals surface area contributed by atoms with Crippen LogP contribution in [0.25, 0.3) is 0 Å². The van der Waals surface area contributed by atoms with E-state index in [2.05, 4.69) is 5.32 Å². The normalized spacial score (nSPS) is 11.7. The van der Waals surface area contributed by atoms with Gasteiger partial charge in [-0.05, 0) is 26.0 Å². The summed E-state index contributed by atoms with van der Waals surface area (Å²) in [5, 5.41) is 1.95. The van der Waals surface area contributed by atoms with Crippen molar-refractivity contribution in [1.82, 2.24) is 0 Å². The van der Waals surface area contributed by atoms with Crippen molar-refractivity contribution in [3.05, 3.63) is 28.8 Å². The van der Waals surface area contributed by atoms with E-state index < -0.39 is 23.3 Å². The Labute approximate surface area is 113 Å². The molecule has 0 saturated carbocycles. The second-order valence-corrected chi connectivity index (χ2v) is 4.48. The number of alkyl halides is 3. The molecule has 1 aromatic carbocycles. The SMILES string of the molecule is CC(C)OCC(=O)Nc1c(Cl)cccc1C(F)(F)F. The first-order valence-corrected chi connectivity index (χ1v) is 5.86. The number of carbonyl (C=O) groups excluding carboxylic acids is 1. The lowest BCUT2D eigenvalue weighted by Gasteiger charge is -2.15. The predicted octanol–water partition coefficient (Wildman–Crippen LogP) is 3.72. The molecule has 0 unspecified atom stereocenters. The topological polar surface area (TPSA) is 38.3 Å². The van der Waals surface area contributed by atoms with E-state index in [0.29, 0.717) is 0 Å². The number of hydrogen-bond acceptors (Lipinski definition) is 2. The third kappa shape index (κ3) is 4.72. The van der Waals surface area contributed by atoms with E-state index >= 15 is 0 Å². The van der Waals surface area contributed by atoms with Crippen LogP contribution in [0.5, 0.6) is 0 Å². The van der Waals surface area contributed by atoms with Crippen LogP contribution in [0.15, 0.2) is 18.2 Å². The molecular formula is C12H13ClF3NO2. The minimum absolute atomic E-state index is 0.173. The van der Waals surface area contributed by atoms with Gasteiger partial charge in [-0.2, -0.15) is 13.2 Å². The minimum Gasteiger partial charge on any atom is -0.369 e. The standard InChI is InChI=1S/C12H13ClF3NO2/c1-7(2)19-6-10(18)17-11-8(12(14,15)16)4-3-5-9(11)13/h3-5,7H,6H2,1-2H3,(H,17,18). The molecule has 1 N–H and O–H groups in total. The molecule has 0 heterocycles. The number of halogens is 4. The van der Waals surface area contributed by atoms with Crippen molar-refractivity contribution >= 4 is 23.2 Å². The van der Waals surface area contributed by atoms with Crippen LogP contribution >= 0.6 is 11.6 Å². The van der Waals surface area contributed by atoms with Crippen molar-refractivity contribution in [2.75, 3.05) is 11.9 Å². The molecule has 0 atom stereocenters. The van der Waals surface area contributed by atoms with Gasteiger partial charge in [0.25, 0.3) is 0 Å². The highest BCUT2D eigenvalue weighted by Crippen LogP contribution is 2.38. The van der Waals surface area contributed by atoms with E-state index in [-0.39, 0.29) is 17.7 Å². The molecule has 19 heavy (non-hydrogen) atoms. The fraction of sp³-hybridized carbons (Fsp3) is 0.417. The summed E-state index contributed by atoms with van der Waals surface area (Å²) >= 11 is 5.69. The first-order valence-electron chi connectivity index (χ1n) is 5.49. The first kappa shape index (κ1) is 15.8. The maximum atomic E-state index is 12.8. The van der Waals surface area contributed by atoms with Gasteiger partial charge in [0.1, 0.15) is 6.61 Å². The van der Waals surface area contributed by atoms with Crippen LogP contribution in [0.1, 0.15) is 19.4 Å². The molecular weight excluding hydrogens is 283 g/mol. The maximum absolute atomic E-state index is 12.8. The van der Waals surface area contributed by atoms with E-state index in [9.17, 15) is 18.0 Å². The summed E-state index contributed by atoms with van der Waals surface area (Å²) in [6.45, 7) is 3.09. The highest BCUT2D eigenvalue weighted by Gasteiger charge is 2.34. The third-order valence-electron chi connectivity index (χ3n) is 2.13. The Morgan fingerprint density at radius 2 is 2.05 bits per heavy atom. The molecule has 3 nitrogen and oxygen atoms in total. The molecule has 0 aliphatic heterocycles. The molecule has 0 aliphatic carbocycles. The van der Waals surface area contributed by atoms with Gasteiger partial charge < -0.3 is 10.1 Å². The van der Waals surface area contributed by atoms with Crippen LogP contribution in [0.4, 0.5) is 18.9 Å². The Balaban J connectivity index is 2.91. The van der Waals surface area contributed by atoms with Gasteiger partial charge in [0.05, 0.1) is 22.4 Å². The smallest absolute Gasteiger partial charge is 0.369 e. The Morgan fingerprint density at radius 3 is 2.58 bits per heavy atom. The van der Waals surface area contributed by atoms with Gasteiger partial charge in [-0.15, -0.1) is 0 Å². The van der Waals surface area contributed by atoms with E-state index in [1.54, 1.807) is 13.8 Å². The molecule has 0 bridgehead atoms. The van der Waals surface area contributed by atoms with Gasteiger partial charge in [0, 0.05) is 0 Å². The summed E-state index contributed by atoms with van der Waals surface area (Å²) in [7, 11) is 0. The Hall–Kier alpha value is -1.27. The highest BCUT2D eigenvalue weighted by molar-refractivity contribution is 6.34. The molecule has 106 valence electrons. The van der Waals surface area contributed by atoms with E-state index in [0.717, 1.165) is 6.07 Å². The molecule has 0 aromatic heterocycles. The molecule has 0 aliphatic rings. The average molecular weight is 296 g/mol. The Bertz CT molecular complexity index is 461. The number of para-hydroxylation sites is 1. The quantitative estimate of drug-likeness (QED) is 0.919. The largest absolute Gasteiger partial charge is 0.418 e.